The van der Waals surface area contributed by atoms with Crippen LogP contribution in [0.3, 0.4) is 0 Å². The van der Waals surface area contributed by atoms with Gasteiger partial charge in [0.15, 0.2) is 0 Å². The van der Waals surface area contributed by atoms with E-state index in [0.717, 1.165) is 0 Å². The first-order valence-electron chi connectivity index (χ1n) is 5.31. The lowest BCUT2D eigenvalue weighted by Gasteiger charge is -2.11. The van der Waals surface area contributed by atoms with Gasteiger partial charge in [0.25, 0.3) is 0 Å². The number of ether oxygens (including phenoxy) is 1. The lowest BCUT2D eigenvalue weighted by molar-refractivity contribution is 0.0303. The molecular formula is C11H15N3O2. The Labute approximate surface area is 94.6 Å². The van der Waals surface area contributed by atoms with Crippen LogP contribution >= 0.6 is 0 Å². The van der Waals surface area contributed by atoms with Gasteiger partial charge in [-0.15, -0.1) is 0 Å². The summed E-state index contributed by atoms with van der Waals surface area (Å²) in [5.41, 5.74) is 0.429. The Hall–Kier alpha value is -1.83. The Balaban J connectivity index is 2.61. The summed E-state index contributed by atoms with van der Waals surface area (Å²) in [6.07, 6.45) is 3.65. The molecule has 86 valence electrons. The van der Waals surface area contributed by atoms with Crippen molar-refractivity contribution in [3.8, 4) is 6.07 Å². The highest BCUT2D eigenvalue weighted by molar-refractivity contribution is 5.88. The maximum Gasteiger partial charge on any atom is 0.341 e. The first-order valence-corrected chi connectivity index (χ1v) is 5.31. The van der Waals surface area contributed by atoms with Gasteiger partial charge in [0.1, 0.15) is 6.10 Å². The van der Waals surface area contributed by atoms with Crippen LogP contribution in [0.5, 0.6) is 0 Å². The lowest BCUT2D eigenvalue weighted by Crippen LogP contribution is -2.16. The summed E-state index contributed by atoms with van der Waals surface area (Å²) in [5, 5.41) is 12.5. The third kappa shape index (κ3) is 3.09. The van der Waals surface area contributed by atoms with Gasteiger partial charge < -0.3 is 4.74 Å². The van der Waals surface area contributed by atoms with Crippen LogP contribution in [0.25, 0.3) is 0 Å². The molecule has 0 radical (unpaired) electrons. The highest BCUT2D eigenvalue weighted by Crippen LogP contribution is 2.08. The molecule has 0 fully saturated rings. The quantitative estimate of drug-likeness (QED) is 0.710. The van der Waals surface area contributed by atoms with E-state index in [-0.39, 0.29) is 12.5 Å². The van der Waals surface area contributed by atoms with Gasteiger partial charge in [-0.05, 0) is 13.3 Å². The zero-order chi connectivity index (χ0) is 12.0. The summed E-state index contributed by atoms with van der Waals surface area (Å²) in [7, 11) is 0. The van der Waals surface area contributed by atoms with Crippen LogP contribution in [-0.4, -0.2) is 21.9 Å². The number of aromatic nitrogens is 2. The summed E-state index contributed by atoms with van der Waals surface area (Å²) in [6.45, 7) is 4.53. The monoisotopic (exact) mass is 221 g/mol. The molecule has 0 aromatic carbocycles. The molecular weight excluding hydrogens is 206 g/mol. The Morgan fingerprint density at radius 1 is 1.69 bits per heavy atom. The molecule has 1 aromatic rings. The molecule has 1 rings (SSSR count). The fourth-order valence-electron chi connectivity index (χ4n) is 1.23. The number of esters is 1. The van der Waals surface area contributed by atoms with Crippen molar-refractivity contribution < 1.29 is 9.53 Å². The first kappa shape index (κ1) is 12.2. The summed E-state index contributed by atoms with van der Waals surface area (Å²) >= 11 is 0. The van der Waals surface area contributed by atoms with E-state index in [1.165, 1.54) is 6.20 Å². The summed E-state index contributed by atoms with van der Waals surface area (Å²) in [6, 6.07) is 1.99. The highest BCUT2D eigenvalue weighted by atomic mass is 16.5. The molecule has 0 unspecified atom stereocenters. The molecule has 0 bridgehead atoms. The number of aryl methyl sites for hydroxylation is 1. The zero-order valence-corrected chi connectivity index (χ0v) is 9.51. The summed E-state index contributed by atoms with van der Waals surface area (Å²) < 4.78 is 6.82. The molecule has 0 aliphatic rings. The minimum absolute atomic E-state index is 0.226. The van der Waals surface area contributed by atoms with Gasteiger partial charge in [-0.2, -0.15) is 10.4 Å². The van der Waals surface area contributed by atoms with E-state index in [0.29, 0.717) is 18.5 Å². The van der Waals surface area contributed by atoms with Gasteiger partial charge in [0.2, 0.25) is 0 Å². The normalized spacial score (nSPS) is 11.8. The van der Waals surface area contributed by atoms with E-state index >= 15 is 0 Å². The number of rotatable bonds is 5. The van der Waals surface area contributed by atoms with Crippen molar-refractivity contribution in [2.45, 2.75) is 39.3 Å². The van der Waals surface area contributed by atoms with Crippen molar-refractivity contribution in [3.05, 3.63) is 18.0 Å². The van der Waals surface area contributed by atoms with Gasteiger partial charge in [0, 0.05) is 12.7 Å². The SMILES string of the molecule is CC[C@@H](CC#N)OC(=O)c1cnn(CC)c1. The topological polar surface area (TPSA) is 67.9 Å². The number of carbonyl (C=O) groups excluding carboxylic acids is 1. The van der Waals surface area contributed by atoms with Crippen molar-refractivity contribution in [2.75, 3.05) is 0 Å². The number of nitriles is 1. The summed E-state index contributed by atoms with van der Waals surface area (Å²) in [5.74, 6) is -0.415. The second kappa shape index (κ2) is 5.91. The maximum atomic E-state index is 11.6. The number of nitrogens with zero attached hydrogens (tertiary/aromatic N) is 3. The largest absolute Gasteiger partial charge is 0.458 e. The molecule has 1 aromatic heterocycles. The average molecular weight is 221 g/mol. The van der Waals surface area contributed by atoms with Crippen LogP contribution in [0.4, 0.5) is 0 Å². The van der Waals surface area contributed by atoms with Gasteiger partial charge >= 0.3 is 5.97 Å². The first-order chi connectivity index (χ1) is 7.71. The summed E-state index contributed by atoms with van der Waals surface area (Å²) in [4.78, 5) is 11.6. The van der Waals surface area contributed by atoms with E-state index in [9.17, 15) is 4.79 Å². The van der Waals surface area contributed by atoms with Crippen LogP contribution < -0.4 is 0 Å². The van der Waals surface area contributed by atoms with E-state index in [4.69, 9.17) is 10.00 Å². The molecule has 0 saturated heterocycles. The average Bonchev–Trinajstić information content (AvgIpc) is 2.76. The zero-order valence-electron chi connectivity index (χ0n) is 9.51. The third-order valence-electron chi connectivity index (χ3n) is 2.24. The number of hydrogen-bond acceptors (Lipinski definition) is 4. The van der Waals surface area contributed by atoms with Gasteiger partial charge in [-0.3, -0.25) is 4.68 Å². The van der Waals surface area contributed by atoms with Crippen molar-refractivity contribution in [3.63, 3.8) is 0 Å². The molecule has 0 amide bonds. The van der Waals surface area contributed by atoms with E-state index in [2.05, 4.69) is 5.10 Å². The van der Waals surface area contributed by atoms with Crippen molar-refractivity contribution in [1.82, 2.24) is 9.78 Å². The van der Waals surface area contributed by atoms with Crippen molar-refractivity contribution >= 4 is 5.97 Å². The van der Waals surface area contributed by atoms with E-state index in [1.54, 1.807) is 10.9 Å². The minimum Gasteiger partial charge on any atom is -0.458 e. The van der Waals surface area contributed by atoms with Crippen molar-refractivity contribution in [1.29, 1.82) is 5.26 Å². The molecule has 5 heteroatoms. The predicted octanol–water partition coefficient (Wildman–Crippen LogP) is 1.75. The highest BCUT2D eigenvalue weighted by Gasteiger charge is 2.15. The number of hydrogen-bond donors (Lipinski definition) is 0. The fraction of sp³-hybridized carbons (Fsp3) is 0.545. The Kier molecular flexibility index (Phi) is 4.52. The Morgan fingerprint density at radius 3 is 2.94 bits per heavy atom. The van der Waals surface area contributed by atoms with E-state index < -0.39 is 5.97 Å². The third-order valence-corrected chi connectivity index (χ3v) is 2.24. The number of carbonyl (C=O) groups is 1. The molecule has 5 nitrogen and oxygen atoms in total. The lowest BCUT2D eigenvalue weighted by atomic mass is 10.2. The second-order valence-corrected chi connectivity index (χ2v) is 3.38. The molecule has 0 spiro atoms. The predicted molar refractivity (Wildman–Crippen MR) is 57.6 cm³/mol. The van der Waals surface area contributed by atoms with Gasteiger partial charge in [-0.1, -0.05) is 6.92 Å². The van der Waals surface area contributed by atoms with Crippen LogP contribution in [0.15, 0.2) is 12.4 Å². The molecule has 0 saturated carbocycles. The smallest absolute Gasteiger partial charge is 0.341 e. The molecule has 16 heavy (non-hydrogen) atoms. The molecule has 0 aliphatic heterocycles. The minimum atomic E-state index is -0.415. The van der Waals surface area contributed by atoms with Gasteiger partial charge in [0.05, 0.1) is 24.3 Å². The Morgan fingerprint density at radius 2 is 2.44 bits per heavy atom. The van der Waals surface area contributed by atoms with Crippen LogP contribution in [0.2, 0.25) is 0 Å². The van der Waals surface area contributed by atoms with Crippen molar-refractivity contribution in [2.24, 2.45) is 0 Å². The Bertz CT molecular complexity index is 392. The van der Waals surface area contributed by atoms with Crippen LogP contribution in [0, 0.1) is 11.3 Å². The standard InChI is InChI=1S/C11H15N3O2/c1-3-10(5-6-12)16-11(15)9-7-13-14(4-2)8-9/h7-8,10H,3-5H2,1-2H3/t10-/m0/s1. The molecule has 0 N–H and O–H groups in total. The van der Waals surface area contributed by atoms with Crippen LogP contribution in [0.1, 0.15) is 37.0 Å². The maximum absolute atomic E-state index is 11.6. The van der Waals surface area contributed by atoms with E-state index in [1.807, 2.05) is 19.9 Å². The van der Waals surface area contributed by atoms with Gasteiger partial charge in [-0.25, -0.2) is 4.79 Å². The van der Waals surface area contributed by atoms with Crippen LogP contribution in [-0.2, 0) is 11.3 Å². The second-order valence-electron chi connectivity index (χ2n) is 3.38. The molecule has 1 heterocycles. The molecule has 0 aliphatic carbocycles. The fourth-order valence-corrected chi connectivity index (χ4v) is 1.23. The molecule has 1 atom stereocenters.